The molecule has 0 spiro atoms. The maximum absolute atomic E-state index is 12.3. The second kappa shape index (κ2) is 6.57. The van der Waals surface area contributed by atoms with E-state index in [0.29, 0.717) is 16.7 Å². The number of aliphatic hydroxyl groups excluding tert-OH is 1. The number of nitrogens with zero attached hydrogens (tertiary/aromatic N) is 3. The quantitative estimate of drug-likeness (QED) is 0.852. The van der Waals surface area contributed by atoms with E-state index >= 15 is 0 Å². The number of alkyl halides is 3. The summed E-state index contributed by atoms with van der Waals surface area (Å²) in [6, 6.07) is 7.07. The van der Waals surface area contributed by atoms with Crippen molar-refractivity contribution in [3.8, 4) is 17.1 Å². The highest BCUT2D eigenvalue weighted by atomic mass is 32.2. The lowest BCUT2D eigenvalue weighted by atomic mass is 10.2. The van der Waals surface area contributed by atoms with Gasteiger partial charge in [-0.25, -0.2) is 0 Å². The first kappa shape index (κ1) is 16.6. The molecule has 22 heavy (non-hydrogen) atoms. The molecule has 0 bridgehead atoms. The molecule has 9 heteroatoms. The minimum Gasteiger partial charge on any atom is -0.497 e. The van der Waals surface area contributed by atoms with Crippen molar-refractivity contribution in [2.45, 2.75) is 17.4 Å². The molecule has 5 nitrogen and oxygen atoms in total. The second-order valence-electron chi connectivity index (χ2n) is 4.46. The molecule has 1 N–H and O–H groups in total. The third-order valence-electron chi connectivity index (χ3n) is 2.93. The van der Waals surface area contributed by atoms with Gasteiger partial charge in [0.25, 0.3) is 0 Å². The van der Waals surface area contributed by atoms with Crippen LogP contribution in [0.5, 0.6) is 5.75 Å². The van der Waals surface area contributed by atoms with Gasteiger partial charge in [-0.2, -0.15) is 13.2 Å². The van der Waals surface area contributed by atoms with Crippen LogP contribution in [0, 0.1) is 0 Å². The van der Waals surface area contributed by atoms with Crippen LogP contribution in [-0.2, 0) is 7.05 Å². The average molecular weight is 333 g/mol. The largest absolute Gasteiger partial charge is 0.497 e. The van der Waals surface area contributed by atoms with E-state index in [0.717, 1.165) is 17.3 Å². The van der Waals surface area contributed by atoms with Crippen molar-refractivity contribution in [1.29, 1.82) is 0 Å². The van der Waals surface area contributed by atoms with Crippen LogP contribution in [0.3, 0.4) is 0 Å². The van der Waals surface area contributed by atoms with Crippen LogP contribution >= 0.6 is 11.8 Å². The molecule has 1 aromatic heterocycles. The van der Waals surface area contributed by atoms with Gasteiger partial charge in [0.05, 0.1) is 7.11 Å². The van der Waals surface area contributed by atoms with Crippen LogP contribution in [0.25, 0.3) is 11.4 Å². The van der Waals surface area contributed by atoms with Crippen molar-refractivity contribution >= 4 is 11.8 Å². The van der Waals surface area contributed by atoms with Gasteiger partial charge in [-0.05, 0) is 24.3 Å². The molecule has 0 amide bonds. The van der Waals surface area contributed by atoms with E-state index in [1.807, 2.05) is 0 Å². The van der Waals surface area contributed by atoms with E-state index in [2.05, 4.69) is 10.2 Å². The lowest BCUT2D eigenvalue weighted by Crippen LogP contribution is -2.30. The first-order valence-electron chi connectivity index (χ1n) is 6.24. The third kappa shape index (κ3) is 3.72. The van der Waals surface area contributed by atoms with Gasteiger partial charge >= 0.3 is 6.18 Å². The van der Waals surface area contributed by atoms with Gasteiger partial charge in [0.15, 0.2) is 17.1 Å². The van der Waals surface area contributed by atoms with Crippen LogP contribution in [0.2, 0.25) is 0 Å². The highest BCUT2D eigenvalue weighted by molar-refractivity contribution is 7.99. The number of thioether (sulfide) groups is 1. The SMILES string of the molecule is COc1ccc(-c2nnc(SC[C@@H](O)C(F)(F)F)n2C)cc1. The molecule has 0 saturated carbocycles. The third-order valence-corrected chi connectivity index (χ3v) is 4.03. The lowest BCUT2D eigenvalue weighted by Gasteiger charge is -2.13. The first-order chi connectivity index (χ1) is 10.3. The normalized spacial score (nSPS) is 13.2. The Morgan fingerprint density at radius 1 is 1.27 bits per heavy atom. The monoisotopic (exact) mass is 333 g/mol. The van der Waals surface area contributed by atoms with Crippen LogP contribution in [0.1, 0.15) is 0 Å². The van der Waals surface area contributed by atoms with Gasteiger partial charge in [-0.15, -0.1) is 10.2 Å². The van der Waals surface area contributed by atoms with Crippen LogP contribution < -0.4 is 4.74 Å². The molecule has 0 aliphatic carbocycles. The molecule has 0 unspecified atom stereocenters. The Hall–Kier alpha value is -1.74. The summed E-state index contributed by atoms with van der Waals surface area (Å²) in [5, 5.41) is 17.1. The van der Waals surface area contributed by atoms with Crippen molar-refractivity contribution < 1.29 is 23.0 Å². The van der Waals surface area contributed by atoms with E-state index < -0.39 is 18.0 Å². The number of ether oxygens (including phenoxy) is 1. The fourth-order valence-corrected chi connectivity index (χ4v) is 2.55. The summed E-state index contributed by atoms with van der Waals surface area (Å²) in [6.07, 6.45) is -7.02. The minimum atomic E-state index is -4.63. The lowest BCUT2D eigenvalue weighted by molar-refractivity contribution is -0.195. The summed E-state index contributed by atoms with van der Waals surface area (Å²) >= 11 is 0.800. The Labute approximate surface area is 129 Å². The molecule has 2 aromatic rings. The molecular weight excluding hydrogens is 319 g/mol. The molecule has 1 atom stereocenters. The standard InChI is InChI=1S/C13H14F3N3O2S/c1-19-11(8-3-5-9(21-2)6-4-8)17-18-12(19)22-7-10(20)13(14,15)16/h3-6,10,20H,7H2,1-2H3/t10-/m1/s1. The number of hydrogen-bond acceptors (Lipinski definition) is 5. The van der Waals surface area contributed by atoms with Gasteiger partial charge in [-0.3, -0.25) is 0 Å². The average Bonchev–Trinajstić information content (AvgIpc) is 2.85. The van der Waals surface area contributed by atoms with Crippen molar-refractivity contribution in [2.24, 2.45) is 7.05 Å². The van der Waals surface area contributed by atoms with Crippen molar-refractivity contribution in [1.82, 2.24) is 14.8 Å². The Morgan fingerprint density at radius 2 is 1.91 bits per heavy atom. The van der Waals surface area contributed by atoms with Crippen molar-refractivity contribution in [3.63, 3.8) is 0 Å². The van der Waals surface area contributed by atoms with Gasteiger partial charge in [0.1, 0.15) is 5.75 Å². The summed E-state index contributed by atoms with van der Waals surface area (Å²) in [7, 11) is 3.21. The molecule has 0 aliphatic heterocycles. The molecule has 0 aliphatic rings. The van der Waals surface area contributed by atoms with Crippen molar-refractivity contribution in [3.05, 3.63) is 24.3 Å². The molecule has 0 radical (unpaired) electrons. The number of methoxy groups -OCH3 is 1. The van der Waals surface area contributed by atoms with E-state index in [1.54, 1.807) is 43.0 Å². The number of aromatic nitrogens is 3. The fourth-order valence-electron chi connectivity index (χ4n) is 1.68. The predicted molar refractivity (Wildman–Crippen MR) is 75.8 cm³/mol. The van der Waals surface area contributed by atoms with Gasteiger partial charge in [0, 0.05) is 18.4 Å². The van der Waals surface area contributed by atoms with E-state index in [-0.39, 0.29) is 0 Å². The Bertz CT molecular complexity index is 628. The number of halogens is 3. The number of rotatable bonds is 5. The van der Waals surface area contributed by atoms with Gasteiger partial charge in [0.2, 0.25) is 0 Å². The summed E-state index contributed by atoms with van der Waals surface area (Å²) in [5.74, 6) is 0.679. The Kier molecular flexibility index (Phi) is 4.97. The fraction of sp³-hybridized carbons (Fsp3) is 0.385. The van der Waals surface area contributed by atoms with E-state index in [1.165, 1.54) is 0 Å². The maximum atomic E-state index is 12.3. The predicted octanol–water partition coefficient (Wildman–Crippen LogP) is 2.51. The zero-order valence-electron chi connectivity index (χ0n) is 11.8. The van der Waals surface area contributed by atoms with Crippen LogP contribution in [0.15, 0.2) is 29.4 Å². The molecule has 0 fully saturated rings. The van der Waals surface area contributed by atoms with Gasteiger partial charge in [-0.1, -0.05) is 11.8 Å². The van der Waals surface area contributed by atoms with Gasteiger partial charge < -0.3 is 14.4 Å². The Balaban J connectivity index is 2.12. The summed E-state index contributed by atoms with van der Waals surface area (Å²) in [6.45, 7) is 0. The molecular formula is C13H14F3N3O2S. The summed E-state index contributed by atoms with van der Waals surface area (Å²) < 4.78 is 43.5. The van der Waals surface area contributed by atoms with Crippen molar-refractivity contribution in [2.75, 3.05) is 12.9 Å². The van der Waals surface area contributed by atoms with Crippen LogP contribution in [-0.4, -0.2) is 45.0 Å². The summed E-state index contributed by atoms with van der Waals surface area (Å²) in [4.78, 5) is 0. The zero-order valence-corrected chi connectivity index (χ0v) is 12.6. The number of benzene rings is 1. The summed E-state index contributed by atoms with van der Waals surface area (Å²) in [5.41, 5.74) is 0.763. The number of aliphatic hydroxyl groups is 1. The zero-order chi connectivity index (χ0) is 16.3. The highest BCUT2D eigenvalue weighted by Crippen LogP contribution is 2.28. The topological polar surface area (TPSA) is 60.2 Å². The molecule has 2 rings (SSSR count). The number of hydrogen-bond donors (Lipinski definition) is 1. The van der Waals surface area contributed by atoms with E-state index in [4.69, 9.17) is 9.84 Å². The minimum absolute atomic E-state index is 0.300. The molecule has 120 valence electrons. The van der Waals surface area contributed by atoms with E-state index in [9.17, 15) is 13.2 Å². The molecule has 1 aromatic carbocycles. The molecule has 0 saturated heterocycles. The highest BCUT2D eigenvalue weighted by Gasteiger charge is 2.38. The second-order valence-corrected chi connectivity index (χ2v) is 5.45. The first-order valence-corrected chi connectivity index (χ1v) is 7.23. The molecule has 1 heterocycles. The maximum Gasteiger partial charge on any atom is 0.415 e. The van der Waals surface area contributed by atoms with Crippen LogP contribution in [0.4, 0.5) is 13.2 Å². The smallest absolute Gasteiger partial charge is 0.415 e. The Morgan fingerprint density at radius 3 is 2.45 bits per heavy atom.